The molecule has 23 heavy (non-hydrogen) atoms. The molecule has 1 fully saturated rings. The van der Waals surface area contributed by atoms with Gasteiger partial charge in [-0.1, -0.05) is 29.8 Å². The fraction of sp³-hybridized carbons (Fsp3) is 0.562. The average molecular weight is 360 g/mol. The third-order valence-corrected chi connectivity index (χ3v) is 6.23. The van der Waals surface area contributed by atoms with Crippen LogP contribution in [-0.2, 0) is 20.4 Å². The van der Waals surface area contributed by atoms with E-state index in [9.17, 15) is 13.2 Å². The molecule has 1 aliphatic heterocycles. The van der Waals surface area contributed by atoms with Crippen LogP contribution in [-0.4, -0.2) is 57.7 Å². The minimum Gasteiger partial charge on any atom is -0.332 e. The van der Waals surface area contributed by atoms with E-state index in [1.807, 2.05) is 0 Å². The third kappa shape index (κ3) is 5.48. The van der Waals surface area contributed by atoms with Gasteiger partial charge in [-0.3, -0.25) is 4.79 Å². The summed E-state index contributed by atoms with van der Waals surface area (Å²) < 4.78 is 24.4. The summed E-state index contributed by atoms with van der Waals surface area (Å²) in [7, 11) is -3.34. The summed E-state index contributed by atoms with van der Waals surface area (Å²) in [6.45, 7) is 6.50. The summed E-state index contributed by atoms with van der Waals surface area (Å²) >= 11 is 6.00. The zero-order valence-electron chi connectivity index (χ0n) is 13.4. The van der Waals surface area contributed by atoms with E-state index < -0.39 is 9.84 Å². The molecule has 0 unspecified atom stereocenters. The fourth-order valence-corrected chi connectivity index (χ4v) is 4.39. The second-order valence-electron chi connectivity index (χ2n) is 5.92. The lowest BCUT2D eigenvalue weighted by Gasteiger charge is -2.31. The van der Waals surface area contributed by atoms with E-state index in [0.717, 1.165) is 19.6 Å². The zero-order valence-corrected chi connectivity index (χ0v) is 15.0. The lowest BCUT2D eigenvalue weighted by atomic mass is 10.2. The largest absolute Gasteiger partial charge is 0.332 e. The van der Waals surface area contributed by atoms with Crippen LogP contribution in [0.3, 0.4) is 0 Å². The predicted molar refractivity (Wildman–Crippen MR) is 91.4 cm³/mol. The van der Waals surface area contributed by atoms with Gasteiger partial charge in [0, 0.05) is 11.4 Å². The van der Waals surface area contributed by atoms with E-state index in [0.29, 0.717) is 23.7 Å². The Labute approximate surface area is 143 Å². The number of hydrogen-bond donors (Lipinski definition) is 1. The molecule has 2 rings (SSSR count). The number of sulfone groups is 1. The van der Waals surface area contributed by atoms with Crippen LogP contribution in [0, 0.1) is 0 Å². The molecule has 1 aliphatic rings. The van der Waals surface area contributed by atoms with Crippen molar-refractivity contribution in [3.05, 3.63) is 34.9 Å². The van der Waals surface area contributed by atoms with Crippen LogP contribution in [0.1, 0.15) is 18.9 Å². The standard InChI is InChI=1S/C16H23ClN2O3S/c1-2-18-8-10-19(11-9-18)16(20)7-12-23(21,22)13-14-5-3-4-6-15(14)17/h3-6H,2,7-13H2,1H3/p+1. The fourth-order valence-electron chi connectivity index (χ4n) is 2.75. The van der Waals surface area contributed by atoms with E-state index in [4.69, 9.17) is 11.6 Å². The summed E-state index contributed by atoms with van der Waals surface area (Å²) in [5.74, 6) is -0.311. The van der Waals surface area contributed by atoms with Gasteiger partial charge < -0.3 is 9.80 Å². The minimum atomic E-state index is -3.34. The van der Waals surface area contributed by atoms with Crippen LogP contribution >= 0.6 is 11.6 Å². The predicted octanol–water partition coefficient (Wildman–Crippen LogP) is 0.392. The Hall–Kier alpha value is -1.11. The van der Waals surface area contributed by atoms with Crippen molar-refractivity contribution in [3.63, 3.8) is 0 Å². The van der Waals surface area contributed by atoms with Gasteiger partial charge in [-0.05, 0) is 18.6 Å². The first-order valence-corrected chi connectivity index (χ1v) is 10.2. The van der Waals surface area contributed by atoms with Gasteiger partial charge in [0.1, 0.15) is 0 Å². The van der Waals surface area contributed by atoms with Crippen molar-refractivity contribution in [3.8, 4) is 0 Å². The summed E-state index contributed by atoms with van der Waals surface area (Å²) in [6, 6.07) is 6.90. The molecule has 0 atom stereocenters. The lowest BCUT2D eigenvalue weighted by Crippen LogP contribution is -3.14. The molecule has 0 spiro atoms. The SMILES string of the molecule is CC[NH+]1CCN(C(=O)CCS(=O)(=O)Cc2ccccc2Cl)CC1. The Morgan fingerprint density at radius 2 is 1.91 bits per heavy atom. The van der Waals surface area contributed by atoms with Crippen molar-refractivity contribution in [2.24, 2.45) is 0 Å². The van der Waals surface area contributed by atoms with Crippen molar-refractivity contribution in [2.45, 2.75) is 19.1 Å². The number of carbonyl (C=O) groups excluding carboxylic acids is 1. The average Bonchev–Trinajstić information content (AvgIpc) is 2.55. The van der Waals surface area contributed by atoms with Gasteiger partial charge in [-0.2, -0.15) is 0 Å². The van der Waals surface area contributed by atoms with Crippen LogP contribution in [0.4, 0.5) is 0 Å². The van der Waals surface area contributed by atoms with E-state index in [1.165, 1.54) is 4.90 Å². The van der Waals surface area contributed by atoms with Crippen molar-refractivity contribution < 1.29 is 18.1 Å². The number of amides is 1. The number of nitrogens with one attached hydrogen (secondary N) is 1. The van der Waals surface area contributed by atoms with Gasteiger partial charge in [0.2, 0.25) is 5.91 Å². The molecule has 1 heterocycles. The number of piperazine rings is 1. The van der Waals surface area contributed by atoms with Crippen molar-refractivity contribution >= 4 is 27.3 Å². The maximum atomic E-state index is 12.2. The van der Waals surface area contributed by atoms with Gasteiger partial charge in [-0.25, -0.2) is 8.42 Å². The molecule has 0 aliphatic carbocycles. The van der Waals surface area contributed by atoms with Crippen molar-refractivity contribution in [2.75, 3.05) is 38.5 Å². The number of quaternary nitrogens is 1. The number of nitrogens with zero attached hydrogens (tertiary/aromatic N) is 1. The maximum absolute atomic E-state index is 12.2. The van der Waals surface area contributed by atoms with E-state index in [-0.39, 0.29) is 23.8 Å². The summed E-state index contributed by atoms with van der Waals surface area (Å²) in [5, 5.41) is 0.445. The maximum Gasteiger partial charge on any atom is 0.224 e. The van der Waals surface area contributed by atoms with Crippen LogP contribution in [0.15, 0.2) is 24.3 Å². The molecule has 128 valence electrons. The van der Waals surface area contributed by atoms with Crippen LogP contribution in [0.25, 0.3) is 0 Å². The zero-order chi connectivity index (χ0) is 16.9. The molecule has 1 aromatic carbocycles. The molecule has 1 N–H and O–H groups in total. The Kier molecular flexibility index (Phi) is 6.44. The first kappa shape index (κ1) is 18.2. The molecule has 1 saturated heterocycles. The Balaban J connectivity index is 1.85. The number of carbonyl (C=O) groups is 1. The van der Waals surface area contributed by atoms with E-state index in [2.05, 4.69) is 6.92 Å². The number of halogens is 1. The Morgan fingerprint density at radius 3 is 2.52 bits per heavy atom. The summed E-state index contributed by atoms with van der Waals surface area (Å²) in [5.41, 5.74) is 0.585. The van der Waals surface area contributed by atoms with Gasteiger partial charge >= 0.3 is 0 Å². The number of hydrogen-bond acceptors (Lipinski definition) is 3. The normalized spacial score (nSPS) is 16.5. The van der Waals surface area contributed by atoms with Crippen molar-refractivity contribution in [1.29, 1.82) is 0 Å². The Morgan fingerprint density at radius 1 is 1.26 bits per heavy atom. The molecule has 0 bridgehead atoms. The highest BCUT2D eigenvalue weighted by atomic mass is 35.5. The van der Waals surface area contributed by atoms with Gasteiger partial charge in [0.15, 0.2) is 9.84 Å². The first-order chi connectivity index (χ1) is 10.9. The highest BCUT2D eigenvalue weighted by molar-refractivity contribution is 7.90. The second kappa shape index (κ2) is 8.13. The van der Waals surface area contributed by atoms with Gasteiger partial charge in [0.05, 0.1) is 44.2 Å². The molecule has 7 heteroatoms. The molecule has 0 radical (unpaired) electrons. The van der Waals surface area contributed by atoms with Crippen molar-refractivity contribution in [1.82, 2.24) is 4.90 Å². The van der Waals surface area contributed by atoms with Crippen LogP contribution in [0.5, 0.6) is 0 Å². The molecule has 1 aromatic rings. The van der Waals surface area contributed by atoms with Crippen LogP contribution in [0.2, 0.25) is 5.02 Å². The van der Waals surface area contributed by atoms with E-state index >= 15 is 0 Å². The van der Waals surface area contributed by atoms with E-state index in [1.54, 1.807) is 29.2 Å². The van der Waals surface area contributed by atoms with Crippen LogP contribution < -0.4 is 4.90 Å². The first-order valence-electron chi connectivity index (χ1n) is 7.96. The molecular weight excluding hydrogens is 336 g/mol. The highest BCUT2D eigenvalue weighted by Crippen LogP contribution is 2.18. The summed E-state index contributed by atoms with van der Waals surface area (Å²) in [4.78, 5) is 15.5. The monoisotopic (exact) mass is 359 g/mol. The molecular formula is C16H24ClN2O3S+. The van der Waals surface area contributed by atoms with Gasteiger partial charge in [0.25, 0.3) is 0 Å². The topological polar surface area (TPSA) is 58.9 Å². The molecule has 0 aromatic heterocycles. The Bertz CT molecular complexity index is 640. The summed E-state index contributed by atoms with van der Waals surface area (Å²) in [6.07, 6.45) is 0.0498. The lowest BCUT2D eigenvalue weighted by molar-refractivity contribution is -0.902. The highest BCUT2D eigenvalue weighted by Gasteiger charge is 2.24. The molecule has 5 nitrogen and oxygen atoms in total. The van der Waals surface area contributed by atoms with Gasteiger partial charge in [-0.15, -0.1) is 0 Å². The smallest absolute Gasteiger partial charge is 0.224 e. The molecule has 0 saturated carbocycles. The number of likely N-dealkylation sites (N-methyl/N-ethyl adjacent to an activating group) is 1. The number of rotatable bonds is 6. The second-order valence-corrected chi connectivity index (χ2v) is 8.51. The molecule has 1 amide bonds. The number of benzene rings is 1. The quantitative estimate of drug-likeness (QED) is 0.799. The minimum absolute atomic E-state index is 0.0498. The third-order valence-electron chi connectivity index (χ3n) is 4.28.